The van der Waals surface area contributed by atoms with Crippen molar-refractivity contribution in [3.8, 4) is 5.75 Å². The molecule has 0 bridgehead atoms. The molecule has 0 radical (unpaired) electrons. The van der Waals surface area contributed by atoms with Crippen LogP contribution in [0.3, 0.4) is 0 Å². The second-order valence-electron chi connectivity index (χ2n) is 4.54. The second kappa shape index (κ2) is 5.87. The summed E-state index contributed by atoms with van der Waals surface area (Å²) >= 11 is 0. The number of nitrogens with one attached hydrogen (secondary N) is 2. The molecule has 1 aromatic carbocycles. The molecule has 1 aromatic rings. The quantitative estimate of drug-likeness (QED) is 0.568. The minimum absolute atomic E-state index is 0.0590. The maximum atomic E-state index is 5.39. The van der Waals surface area contributed by atoms with Crippen LogP contribution in [0.1, 0.15) is 19.4 Å². The number of ether oxygens (including phenoxy) is 1. The van der Waals surface area contributed by atoms with Gasteiger partial charge in [-0.05, 0) is 13.1 Å². The third kappa shape index (κ3) is 3.22. The first-order valence-corrected chi connectivity index (χ1v) is 5.60. The Morgan fingerprint density at radius 1 is 1.25 bits per heavy atom. The highest BCUT2D eigenvalue weighted by atomic mass is 16.5. The van der Waals surface area contributed by atoms with Gasteiger partial charge in [-0.2, -0.15) is 0 Å². The highest BCUT2D eigenvalue weighted by Crippen LogP contribution is 2.30. The van der Waals surface area contributed by atoms with Gasteiger partial charge in [0.05, 0.1) is 7.11 Å². The van der Waals surface area contributed by atoms with Gasteiger partial charge in [-0.1, -0.05) is 32.0 Å². The largest absolute Gasteiger partial charge is 0.496 e. The predicted molar refractivity (Wildman–Crippen MR) is 67.9 cm³/mol. The van der Waals surface area contributed by atoms with E-state index in [0.29, 0.717) is 0 Å². The SMILES string of the molecule is CNCNCC(C)(C)c1ccccc1OC. The zero-order valence-corrected chi connectivity index (χ0v) is 10.6. The summed E-state index contributed by atoms with van der Waals surface area (Å²) in [6.45, 7) is 6.16. The Morgan fingerprint density at radius 2 is 1.94 bits per heavy atom. The Kier molecular flexibility index (Phi) is 4.77. The number of rotatable bonds is 6. The number of methoxy groups -OCH3 is 1. The molecule has 0 atom stereocenters. The van der Waals surface area contributed by atoms with Gasteiger partial charge in [0.15, 0.2) is 0 Å². The van der Waals surface area contributed by atoms with Crippen LogP contribution in [-0.2, 0) is 5.41 Å². The number of hydrogen-bond acceptors (Lipinski definition) is 3. The fourth-order valence-electron chi connectivity index (χ4n) is 1.80. The molecule has 0 amide bonds. The van der Waals surface area contributed by atoms with Gasteiger partial charge < -0.3 is 15.4 Å². The normalized spacial score (nSPS) is 11.5. The Morgan fingerprint density at radius 3 is 2.56 bits per heavy atom. The summed E-state index contributed by atoms with van der Waals surface area (Å²) in [5, 5.41) is 6.44. The summed E-state index contributed by atoms with van der Waals surface area (Å²) in [7, 11) is 3.65. The van der Waals surface area contributed by atoms with Crippen molar-refractivity contribution in [2.75, 3.05) is 27.4 Å². The van der Waals surface area contributed by atoms with Crippen molar-refractivity contribution in [1.29, 1.82) is 0 Å². The molecule has 0 saturated carbocycles. The molecular formula is C13H22N2O. The van der Waals surface area contributed by atoms with E-state index in [4.69, 9.17) is 4.74 Å². The first-order valence-electron chi connectivity index (χ1n) is 5.60. The average Bonchev–Trinajstić information content (AvgIpc) is 2.29. The molecule has 0 aromatic heterocycles. The number of hydrogen-bond donors (Lipinski definition) is 2. The van der Waals surface area contributed by atoms with Crippen LogP contribution >= 0.6 is 0 Å². The molecule has 90 valence electrons. The molecule has 0 aliphatic heterocycles. The van der Waals surface area contributed by atoms with Crippen molar-refractivity contribution in [2.24, 2.45) is 0 Å². The number of benzene rings is 1. The highest BCUT2D eigenvalue weighted by molar-refractivity contribution is 5.39. The molecule has 0 spiro atoms. The van der Waals surface area contributed by atoms with Crippen LogP contribution in [0.25, 0.3) is 0 Å². The van der Waals surface area contributed by atoms with Crippen LogP contribution in [0.15, 0.2) is 24.3 Å². The molecule has 2 N–H and O–H groups in total. The zero-order valence-electron chi connectivity index (χ0n) is 10.6. The summed E-state index contributed by atoms with van der Waals surface area (Å²) in [6, 6.07) is 8.19. The minimum Gasteiger partial charge on any atom is -0.496 e. The molecule has 16 heavy (non-hydrogen) atoms. The van der Waals surface area contributed by atoms with Gasteiger partial charge in [-0.3, -0.25) is 0 Å². The molecule has 0 heterocycles. The molecule has 3 nitrogen and oxygen atoms in total. The van der Waals surface area contributed by atoms with Crippen LogP contribution in [0.5, 0.6) is 5.75 Å². The first-order chi connectivity index (χ1) is 7.61. The number of para-hydroxylation sites is 1. The van der Waals surface area contributed by atoms with E-state index < -0.39 is 0 Å². The summed E-state index contributed by atoms with van der Waals surface area (Å²) < 4.78 is 5.39. The van der Waals surface area contributed by atoms with E-state index in [-0.39, 0.29) is 5.41 Å². The van der Waals surface area contributed by atoms with E-state index in [0.717, 1.165) is 19.0 Å². The molecule has 1 rings (SSSR count). The molecule has 0 unspecified atom stereocenters. The smallest absolute Gasteiger partial charge is 0.122 e. The molecule has 0 fully saturated rings. The third-order valence-corrected chi connectivity index (χ3v) is 2.70. The minimum atomic E-state index is 0.0590. The van der Waals surface area contributed by atoms with Crippen LogP contribution in [-0.4, -0.2) is 27.4 Å². The summed E-state index contributed by atoms with van der Waals surface area (Å²) in [6.07, 6.45) is 0. The van der Waals surface area contributed by atoms with Crippen LogP contribution < -0.4 is 15.4 Å². The zero-order chi connectivity index (χ0) is 12.0. The third-order valence-electron chi connectivity index (χ3n) is 2.70. The monoisotopic (exact) mass is 222 g/mol. The fraction of sp³-hybridized carbons (Fsp3) is 0.538. The lowest BCUT2D eigenvalue weighted by Gasteiger charge is -2.27. The van der Waals surface area contributed by atoms with Crippen LogP contribution in [0.4, 0.5) is 0 Å². The predicted octanol–water partition coefficient (Wildman–Crippen LogP) is 1.74. The van der Waals surface area contributed by atoms with Crippen molar-refractivity contribution < 1.29 is 4.74 Å². The van der Waals surface area contributed by atoms with Gasteiger partial charge in [0, 0.05) is 24.2 Å². The van der Waals surface area contributed by atoms with E-state index in [1.165, 1.54) is 5.56 Å². The van der Waals surface area contributed by atoms with Crippen molar-refractivity contribution in [2.45, 2.75) is 19.3 Å². The van der Waals surface area contributed by atoms with E-state index in [2.05, 4.69) is 36.6 Å². The standard InChI is InChI=1S/C13H22N2O/c1-13(2,9-15-10-14-3)11-7-5-6-8-12(11)16-4/h5-8,14-15H,9-10H2,1-4H3. The van der Waals surface area contributed by atoms with Gasteiger partial charge in [-0.25, -0.2) is 0 Å². The van der Waals surface area contributed by atoms with Crippen molar-refractivity contribution in [1.82, 2.24) is 10.6 Å². The van der Waals surface area contributed by atoms with Crippen LogP contribution in [0, 0.1) is 0 Å². The topological polar surface area (TPSA) is 33.3 Å². The first kappa shape index (κ1) is 13.0. The molecule has 3 heteroatoms. The Hall–Kier alpha value is -1.06. The molecule has 0 aliphatic carbocycles. The second-order valence-corrected chi connectivity index (χ2v) is 4.54. The summed E-state index contributed by atoms with van der Waals surface area (Å²) in [5.41, 5.74) is 1.30. The highest BCUT2D eigenvalue weighted by Gasteiger charge is 2.23. The molecule has 0 aliphatic rings. The maximum Gasteiger partial charge on any atom is 0.122 e. The van der Waals surface area contributed by atoms with E-state index in [1.54, 1.807) is 7.11 Å². The lowest BCUT2D eigenvalue weighted by Crippen LogP contribution is -2.37. The van der Waals surface area contributed by atoms with E-state index >= 15 is 0 Å². The lowest BCUT2D eigenvalue weighted by atomic mass is 9.84. The van der Waals surface area contributed by atoms with Gasteiger partial charge in [0.25, 0.3) is 0 Å². The van der Waals surface area contributed by atoms with Crippen molar-refractivity contribution in [3.63, 3.8) is 0 Å². The summed E-state index contributed by atoms with van der Waals surface area (Å²) in [4.78, 5) is 0. The van der Waals surface area contributed by atoms with E-state index in [9.17, 15) is 0 Å². The van der Waals surface area contributed by atoms with Crippen LogP contribution in [0.2, 0.25) is 0 Å². The van der Waals surface area contributed by atoms with Gasteiger partial charge in [-0.15, -0.1) is 0 Å². The Bertz CT molecular complexity index is 323. The Labute approximate surface area is 98.2 Å². The van der Waals surface area contributed by atoms with Gasteiger partial charge in [0.2, 0.25) is 0 Å². The molecular weight excluding hydrogens is 200 g/mol. The van der Waals surface area contributed by atoms with Gasteiger partial charge >= 0.3 is 0 Å². The van der Waals surface area contributed by atoms with E-state index in [1.807, 2.05) is 19.2 Å². The molecule has 0 saturated heterocycles. The fourth-order valence-corrected chi connectivity index (χ4v) is 1.80. The maximum absolute atomic E-state index is 5.39. The Balaban J connectivity index is 2.79. The van der Waals surface area contributed by atoms with Crippen molar-refractivity contribution >= 4 is 0 Å². The lowest BCUT2D eigenvalue weighted by molar-refractivity contribution is 0.384. The summed E-state index contributed by atoms with van der Waals surface area (Å²) in [5.74, 6) is 0.957. The average molecular weight is 222 g/mol. The van der Waals surface area contributed by atoms with Crippen molar-refractivity contribution in [3.05, 3.63) is 29.8 Å². The van der Waals surface area contributed by atoms with Gasteiger partial charge in [0.1, 0.15) is 5.75 Å².